The Hall–Kier alpha value is -1.62. The van der Waals surface area contributed by atoms with Crippen molar-refractivity contribution in [2.24, 2.45) is 0 Å². The topological polar surface area (TPSA) is 44.4 Å². The summed E-state index contributed by atoms with van der Waals surface area (Å²) in [5.41, 5.74) is 1.78. The van der Waals surface area contributed by atoms with Crippen molar-refractivity contribution < 1.29 is 9.18 Å². The molecule has 0 aromatic heterocycles. The molecule has 0 spiro atoms. The van der Waals surface area contributed by atoms with Gasteiger partial charge in [-0.25, -0.2) is 4.39 Å². The number of carbonyl (C=O) groups excluding carboxylic acids is 1. The van der Waals surface area contributed by atoms with E-state index in [4.69, 9.17) is 0 Å². The van der Waals surface area contributed by atoms with Gasteiger partial charge in [-0.05, 0) is 50.5 Å². The molecule has 1 aliphatic carbocycles. The first-order valence-corrected chi connectivity index (χ1v) is 7.48. The largest absolute Gasteiger partial charge is 0.365 e. The van der Waals surface area contributed by atoms with Crippen LogP contribution in [0, 0.1) is 5.82 Å². The molecule has 0 saturated heterocycles. The molecule has 0 heterocycles. The molecule has 116 valence electrons. The van der Waals surface area contributed by atoms with Gasteiger partial charge in [0.25, 0.3) is 0 Å². The minimum atomic E-state index is -0.244. The predicted molar refractivity (Wildman–Crippen MR) is 82.8 cm³/mol. The zero-order valence-electron chi connectivity index (χ0n) is 12.9. The van der Waals surface area contributed by atoms with Gasteiger partial charge < -0.3 is 15.5 Å². The summed E-state index contributed by atoms with van der Waals surface area (Å²) in [4.78, 5) is 13.7. The highest BCUT2D eigenvalue weighted by atomic mass is 19.1. The molecule has 21 heavy (non-hydrogen) atoms. The van der Waals surface area contributed by atoms with E-state index in [0.29, 0.717) is 12.6 Å². The molecular formula is C16H24FN3O. The maximum Gasteiger partial charge on any atom is 0.239 e. The van der Waals surface area contributed by atoms with Gasteiger partial charge in [-0.2, -0.15) is 0 Å². The number of halogens is 1. The van der Waals surface area contributed by atoms with E-state index < -0.39 is 0 Å². The second kappa shape index (κ2) is 6.89. The molecule has 1 aromatic carbocycles. The first-order chi connectivity index (χ1) is 9.95. The Morgan fingerprint density at radius 2 is 2.14 bits per heavy atom. The van der Waals surface area contributed by atoms with Gasteiger partial charge in [-0.15, -0.1) is 0 Å². The second-order valence-electron chi connectivity index (χ2n) is 6.01. The number of anilines is 1. The normalized spacial score (nSPS) is 14.3. The van der Waals surface area contributed by atoms with E-state index in [1.54, 1.807) is 12.1 Å². The quantitative estimate of drug-likeness (QED) is 0.808. The highest BCUT2D eigenvalue weighted by molar-refractivity contribution is 5.81. The molecular weight excluding hydrogens is 269 g/mol. The summed E-state index contributed by atoms with van der Waals surface area (Å²) in [5.74, 6) is -0.274. The second-order valence-corrected chi connectivity index (χ2v) is 6.01. The molecule has 2 N–H and O–H groups in total. The van der Waals surface area contributed by atoms with Crippen molar-refractivity contribution in [1.82, 2.24) is 10.6 Å². The fourth-order valence-electron chi connectivity index (χ4n) is 2.28. The van der Waals surface area contributed by atoms with E-state index in [-0.39, 0.29) is 24.3 Å². The summed E-state index contributed by atoms with van der Waals surface area (Å²) in [6, 6.07) is 5.40. The molecule has 1 saturated carbocycles. The van der Waals surface area contributed by atoms with Gasteiger partial charge in [-0.1, -0.05) is 0 Å². The summed E-state index contributed by atoms with van der Waals surface area (Å²) in [6.45, 7) is 4.76. The number of rotatable bonds is 7. The summed E-state index contributed by atoms with van der Waals surface area (Å²) in [7, 11) is 1.85. The van der Waals surface area contributed by atoms with Gasteiger partial charge in [0.1, 0.15) is 5.82 Å². The third-order valence-electron chi connectivity index (χ3n) is 3.44. The van der Waals surface area contributed by atoms with E-state index in [0.717, 1.165) is 11.3 Å². The molecule has 2 rings (SSSR count). The van der Waals surface area contributed by atoms with E-state index in [2.05, 4.69) is 10.6 Å². The summed E-state index contributed by atoms with van der Waals surface area (Å²) < 4.78 is 13.5. The number of carbonyl (C=O) groups is 1. The average Bonchev–Trinajstić information content (AvgIpc) is 3.19. The van der Waals surface area contributed by atoms with Crippen LogP contribution in [0.4, 0.5) is 10.1 Å². The average molecular weight is 293 g/mol. The lowest BCUT2D eigenvalue weighted by Crippen LogP contribution is -2.39. The first kappa shape index (κ1) is 15.8. The Morgan fingerprint density at radius 3 is 2.76 bits per heavy atom. The first-order valence-electron chi connectivity index (χ1n) is 7.48. The number of hydrogen-bond acceptors (Lipinski definition) is 3. The number of amides is 1. The summed E-state index contributed by atoms with van der Waals surface area (Å²) in [6.07, 6.45) is 2.38. The Labute approximate surface area is 125 Å². The van der Waals surface area contributed by atoms with E-state index in [9.17, 15) is 9.18 Å². The Balaban J connectivity index is 2.03. The van der Waals surface area contributed by atoms with E-state index in [1.807, 2.05) is 25.8 Å². The Kier molecular flexibility index (Phi) is 5.17. The van der Waals surface area contributed by atoms with Crippen molar-refractivity contribution in [3.05, 3.63) is 29.6 Å². The van der Waals surface area contributed by atoms with Gasteiger partial charge in [0.05, 0.1) is 6.54 Å². The lowest BCUT2D eigenvalue weighted by Gasteiger charge is -2.23. The molecule has 4 nitrogen and oxygen atoms in total. The maximum absolute atomic E-state index is 13.5. The SMILES string of the molecule is CC(C)NC(=O)CN(C)c1ccc(F)cc1CNC1CC1. The van der Waals surface area contributed by atoms with Gasteiger partial charge in [-0.3, -0.25) is 4.79 Å². The number of nitrogens with zero attached hydrogens (tertiary/aromatic N) is 1. The lowest BCUT2D eigenvalue weighted by atomic mass is 10.1. The predicted octanol–water partition coefficient (Wildman–Crippen LogP) is 2.04. The molecule has 0 aliphatic heterocycles. The van der Waals surface area contributed by atoms with Crippen molar-refractivity contribution in [1.29, 1.82) is 0 Å². The van der Waals surface area contributed by atoms with E-state index >= 15 is 0 Å². The minimum absolute atomic E-state index is 0.0297. The van der Waals surface area contributed by atoms with Crippen LogP contribution in [0.3, 0.4) is 0 Å². The highest BCUT2D eigenvalue weighted by Crippen LogP contribution is 2.24. The van der Waals surface area contributed by atoms with Crippen LogP contribution in [0.15, 0.2) is 18.2 Å². The standard InChI is InChI=1S/C16H24FN3O/c1-11(2)19-16(21)10-20(3)15-7-4-13(17)8-12(15)9-18-14-5-6-14/h4,7-8,11,14,18H,5-6,9-10H2,1-3H3,(H,19,21). The molecule has 5 heteroatoms. The maximum atomic E-state index is 13.5. The number of nitrogens with one attached hydrogen (secondary N) is 2. The van der Waals surface area contributed by atoms with Crippen LogP contribution >= 0.6 is 0 Å². The minimum Gasteiger partial charge on any atom is -0.365 e. The summed E-state index contributed by atoms with van der Waals surface area (Å²) in [5, 5.41) is 6.25. The van der Waals surface area contributed by atoms with Crippen molar-refractivity contribution in [2.75, 3.05) is 18.5 Å². The molecule has 0 radical (unpaired) electrons. The third kappa shape index (κ3) is 5.01. The summed E-state index contributed by atoms with van der Waals surface area (Å²) >= 11 is 0. The van der Waals surface area contributed by atoms with Gasteiger partial charge in [0.15, 0.2) is 0 Å². The van der Waals surface area contributed by atoms with Crippen molar-refractivity contribution in [3.8, 4) is 0 Å². The monoisotopic (exact) mass is 293 g/mol. The van der Waals surface area contributed by atoms with Crippen LogP contribution < -0.4 is 15.5 Å². The van der Waals surface area contributed by atoms with Crippen molar-refractivity contribution in [2.45, 2.75) is 45.3 Å². The zero-order valence-corrected chi connectivity index (χ0v) is 12.9. The number of hydrogen-bond donors (Lipinski definition) is 2. The fourth-order valence-corrected chi connectivity index (χ4v) is 2.28. The molecule has 0 bridgehead atoms. The highest BCUT2D eigenvalue weighted by Gasteiger charge is 2.21. The van der Waals surface area contributed by atoms with Gasteiger partial charge in [0.2, 0.25) is 5.91 Å². The lowest BCUT2D eigenvalue weighted by molar-refractivity contribution is -0.120. The molecule has 1 aromatic rings. The third-order valence-corrected chi connectivity index (χ3v) is 3.44. The Bertz CT molecular complexity index is 500. The zero-order chi connectivity index (χ0) is 15.4. The molecule has 1 fully saturated rings. The van der Waals surface area contributed by atoms with E-state index in [1.165, 1.54) is 18.9 Å². The fraction of sp³-hybridized carbons (Fsp3) is 0.562. The van der Waals surface area contributed by atoms with Crippen LogP contribution in [0.5, 0.6) is 0 Å². The van der Waals surface area contributed by atoms with Crippen LogP contribution in [0.25, 0.3) is 0 Å². The van der Waals surface area contributed by atoms with Crippen LogP contribution in [-0.4, -0.2) is 31.6 Å². The molecule has 0 atom stereocenters. The van der Waals surface area contributed by atoms with Crippen LogP contribution in [0.1, 0.15) is 32.3 Å². The molecule has 0 unspecified atom stereocenters. The van der Waals surface area contributed by atoms with Gasteiger partial charge >= 0.3 is 0 Å². The molecule has 1 aliphatic rings. The van der Waals surface area contributed by atoms with Crippen LogP contribution in [0.2, 0.25) is 0 Å². The molecule has 1 amide bonds. The Morgan fingerprint density at radius 1 is 1.43 bits per heavy atom. The van der Waals surface area contributed by atoms with Gasteiger partial charge in [0, 0.05) is 31.4 Å². The van der Waals surface area contributed by atoms with Crippen molar-refractivity contribution in [3.63, 3.8) is 0 Å². The number of likely N-dealkylation sites (N-methyl/N-ethyl adjacent to an activating group) is 1. The number of benzene rings is 1. The smallest absolute Gasteiger partial charge is 0.239 e. The van der Waals surface area contributed by atoms with Crippen LogP contribution in [-0.2, 0) is 11.3 Å². The van der Waals surface area contributed by atoms with Crippen molar-refractivity contribution >= 4 is 11.6 Å².